The minimum absolute atomic E-state index is 0.417. The van der Waals surface area contributed by atoms with Crippen molar-refractivity contribution in [3.63, 3.8) is 0 Å². The molecule has 1 saturated carbocycles. The quantitative estimate of drug-likeness (QED) is 0.453. The molecule has 0 aromatic rings. The maximum atomic E-state index is 9.53. The second-order valence-electron chi connectivity index (χ2n) is 7.43. The predicted molar refractivity (Wildman–Crippen MR) is 113 cm³/mol. The summed E-state index contributed by atoms with van der Waals surface area (Å²) in [6.07, 6.45) is 11.0. The van der Waals surface area contributed by atoms with Crippen LogP contribution in [0.1, 0.15) is 92.9 Å². The van der Waals surface area contributed by atoms with Gasteiger partial charge in [-0.25, -0.2) is 0 Å². The molecule has 0 radical (unpaired) electrons. The van der Waals surface area contributed by atoms with Gasteiger partial charge in [0.15, 0.2) is 0 Å². The Balaban J connectivity index is -0.000000363. The zero-order valence-corrected chi connectivity index (χ0v) is 21.8. The first-order valence-electron chi connectivity index (χ1n) is 9.96. The molecule has 0 amide bonds. The van der Waals surface area contributed by atoms with E-state index in [0.717, 1.165) is 17.6 Å². The van der Waals surface area contributed by atoms with E-state index in [1.807, 2.05) is 0 Å². The van der Waals surface area contributed by atoms with Crippen molar-refractivity contribution in [2.24, 2.45) is 5.41 Å². The standard InChI is InChI=1S/C13H27P.2C3H7O.CH4P.Ti/c1-4-8-13(9-5-2)10-6-7-12(11-13)14-3;2*1-3(2)4;1-2;/h12,14H,4-11H2,1-3H3;2*3H,1-2H3;2H,1H3;/q;3*-1;+3. The Morgan fingerprint density at radius 3 is 1.64 bits per heavy atom. The summed E-state index contributed by atoms with van der Waals surface area (Å²) in [7, 11) is 1.18. The van der Waals surface area contributed by atoms with Gasteiger partial charge in [0.05, 0.1) is 0 Å². The molecule has 25 heavy (non-hydrogen) atoms. The normalized spacial score (nSPS) is 19.4. The Morgan fingerprint density at radius 2 is 1.36 bits per heavy atom. The Hall–Kier alpha value is 1.49. The van der Waals surface area contributed by atoms with Crippen molar-refractivity contribution < 1.29 is 30.1 Å². The number of hydrogen-bond donors (Lipinski definition) is 0. The zero-order chi connectivity index (χ0) is 20.3. The molecule has 1 aliphatic carbocycles. The summed E-state index contributed by atoms with van der Waals surface area (Å²) in [4.78, 5) is 0. The number of hydrogen-bond acceptors (Lipinski definition) is 2. The van der Waals surface area contributed by atoms with Crippen LogP contribution in [0.3, 0.4) is 0 Å². The van der Waals surface area contributed by atoms with Gasteiger partial charge in [-0.2, -0.15) is 0 Å². The van der Waals surface area contributed by atoms with Crippen LogP contribution >= 0.6 is 15.2 Å². The Bertz CT molecular complexity index is 229. The molecular formula is C20H45O2P2Ti. The third-order valence-electron chi connectivity index (χ3n) is 3.91. The van der Waals surface area contributed by atoms with Gasteiger partial charge in [-0.3, -0.25) is 0 Å². The Kier molecular flexibility index (Phi) is 27.2. The molecule has 151 valence electrons. The van der Waals surface area contributed by atoms with Crippen LogP contribution in [0.15, 0.2) is 0 Å². The van der Waals surface area contributed by atoms with Crippen LogP contribution in [0.4, 0.5) is 0 Å². The summed E-state index contributed by atoms with van der Waals surface area (Å²) in [6.45, 7) is 16.8. The molecule has 1 fully saturated rings. The van der Waals surface area contributed by atoms with Crippen molar-refractivity contribution in [1.29, 1.82) is 0 Å². The van der Waals surface area contributed by atoms with Gasteiger partial charge in [-0.05, 0) is 49.8 Å². The summed E-state index contributed by atoms with van der Waals surface area (Å²) in [5.41, 5.74) is 1.83. The summed E-state index contributed by atoms with van der Waals surface area (Å²) in [5, 5.41) is 19.1. The van der Waals surface area contributed by atoms with Gasteiger partial charge in [0, 0.05) is 0 Å². The minimum atomic E-state index is -0.417. The van der Waals surface area contributed by atoms with Gasteiger partial charge < -0.3 is 10.2 Å². The molecule has 0 spiro atoms. The first kappa shape index (κ1) is 31.2. The van der Waals surface area contributed by atoms with Crippen LogP contribution in [0.25, 0.3) is 0 Å². The summed E-state index contributed by atoms with van der Waals surface area (Å²) in [6, 6.07) is 0. The van der Waals surface area contributed by atoms with Crippen molar-refractivity contribution in [3.05, 3.63) is 0 Å². The predicted octanol–water partition coefficient (Wildman–Crippen LogP) is 5.09. The van der Waals surface area contributed by atoms with E-state index < -0.39 is 12.2 Å². The van der Waals surface area contributed by atoms with Gasteiger partial charge >= 0.3 is 33.2 Å². The van der Waals surface area contributed by atoms with Gasteiger partial charge in [-0.1, -0.05) is 60.8 Å². The van der Waals surface area contributed by atoms with E-state index in [2.05, 4.69) is 47.1 Å². The fourth-order valence-corrected chi connectivity index (χ4v) is 4.47. The van der Waals surface area contributed by atoms with Crippen LogP contribution in [0.5, 0.6) is 0 Å². The van der Waals surface area contributed by atoms with E-state index in [4.69, 9.17) is 0 Å². The maximum absolute atomic E-state index is 9.53. The molecule has 0 N–H and O–H groups in total. The van der Waals surface area contributed by atoms with Crippen LogP contribution in [-0.4, -0.2) is 31.2 Å². The van der Waals surface area contributed by atoms with Gasteiger partial charge in [0.2, 0.25) is 0 Å². The van der Waals surface area contributed by atoms with E-state index in [-0.39, 0.29) is 0 Å². The molecule has 0 heterocycles. The first-order valence-corrected chi connectivity index (χ1v) is 15.4. The van der Waals surface area contributed by atoms with Crippen LogP contribution in [0, 0.1) is 5.41 Å². The van der Waals surface area contributed by atoms with Crippen molar-refractivity contribution in [3.8, 4) is 0 Å². The average molecular weight is 427 g/mol. The number of rotatable bonds is 5. The van der Waals surface area contributed by atoms with E-state index >= 15 is 0 Å². The molecule has 1 rings (SSSR count). The fraction of sp³-hybridized carbons (Fsp3) is 1.00. The van der Waals surface area contributed by atoms with E-state index in [9.17, 15) is 10.2 Å². The molecule has 2 nitrogen and oxygen atoms in total. The third-order valence-corrected chi connectivity index (χ3v) is 5.22. The Morgan fingerprint density at radius 1 is 1.00 bits per heavy atom. The molecular weight excluding hydrogens is 382 g/mol. The Labute approximate surface area is 174 Å². The molecule has 0 aromatic carbocycles. The van der Waals surface area contributed by atoms with Crippen LogP contribution in [-0.2, 0) is 19.9 Å². The summed E-state index contributed by atoms with van der Waals surface area (Å²) in [5.74, 6) is 0. The average Bonchev–Trinajstić information content (AvgIpc) is 2.47. The van der Waals surface area contributed by atoms with Crippen LogP contribution < -0.4 is 10.2 Å². The summed E-state index contributed by atoms with van der Waals surface area (Å²) >= 11 is 2.15. The third kappa shape index (κ3) is 25.5. The van der Waals surface area contributed by atoms with Crippen molar-refractivity contribution >= 4 is 15.2 Å². The zero-order valence-electron chi connectivity index (χ0n) is 18.2. The molecule has 3 atom stereocenters. The molecule has 5 heteroatoms. The second-order valence-corrected chi connectivity index (χ2v) is 11.7. The molecule has 0 bridgehead atoms. The first-order chi connectivity index (χ1) is 11.6. The van der Waals surface area contributed by atoms with E-state index in [1.165, 1.54) is 53.5 Å². The van der Waals surface area contributed by atoms with E-state index in [0.29, 0.717) is 0 Å². The molecule has 1 aliphatic rings. The van der Waals surface area contributed by atoms with Crippen LogP contribution in [0.2, 0.25) is 0 Å². The topological polar surface area (TPSA) is 46.1 Å². The SMILES string of the molecule is CC(C)[O-].CC(C)[O-].CCCC1(CCC)CCCC(PC)C1.C[PH][Ti+2]. The molecule has 0 aliphatic heterocycles. The van der Waals surface area contributed by atoms with Crippen molar-refractivity contribution in [1.82, 2.24) is 0 Å². The molecule has 0 aromatic heterocycles. The summed E-state index contributed by atoms with van der Waals surface area (Å²) < 4.78 is 0. The monoisotopic (exact) mass is 427 g/mol. The fourth-order valence-electron chi connectivity index (χ4n) is 3.34. The van der Waals surface area contributed by atoms with Gasteiger partial charge in [0.1, 0.15) is 0 Å². The van der Waals surface area contributed by atoms with Gasteiger partial charge in [0.25, 0.3) is 0 Å². The van der Waals surface area contributed by atoms with Gasteiger partial charge in [-0.15, -0.1) is 20.8 Å². The van der Waals surface area contributed by atoms with E-state index in [1.54, 1.807) is 34.1 Å². The second kappa shape index (κ2) is 21.8. The molecule has 3 unspecified atom stereocenters. The van der Waals surface area contributed by atoms with Crippen molar-refractivity contribution in [2.45, 2.75) is 111 Å². The molecule has 0 saturated heterocycles. The van der Waals surface area contributed by atoms with Crippen molar-refractivity contribution in [2.75, 3.05) is 13.3 Å².